The molecule has 19 heavy (non-hydrogen) atoms. The molecule has 0 bridgehead atoms. The third kappa shape index (κ3) is 2.65. The minimum absolute atomic E-state index is 0.111. The zero-order chi connectivity index (χ0) is 14.0. The first-order valence-electron chi connectivity index (χ1n) is 6.11. The molecule has 1 aromatic rings. The van der Waals surface area contributed by atoms with Crippen LogP contribution < -0.4 is 4.90 Å². The molecule has 1 aliphatic carbocycles. The molecule has 1 heterocycles. The van der Waals surface area contributed by atoms with Crippen LogP contribution in [-0.4, -0.2) is 36.0 Å². The Morgan fingerprint density at radius 1 is 1.63 bits per heavy atom. The summed E-state index contributed by atoms with van der Waals surface area (Å²) in [6.45, 7) is 0. The summed E-state index contributed by atoms with van der Waals surface area (Å²) >= 11 is 12.4. The maximum Gasteiger partial charge on any atom is 0.329 e. The van der Waals surface area contributed by atoms with Crippen molar-refractivity contribution in [2.45, 2.75) is 30.2 Å². The van der Waals surface area contributed by atoms with Gasteiger partial charge in [0.25, 0.3) is 0 Å². The number of methoxy groups -OCH3 is 1. The highest BCUT2D eigenvalue weighted by molar-refractivity contribution is 6.35. The summed E-state index contributed by atoms with van der Waals surface area (Å²) in [6, 6.07) is 3.49. The lowest BCUT2D eigenvalue weighted by Crippen LogP contribution is -2.49. The molecule has 1 aromatic heterocycles. The van der Waals surface area contributed by atoms with Gasteiger partial charge in [0.1, 0.15) is 5.15 Å². The van der Waals surface area contributed by atoms with Gasteiger partial charge in [0, 0.05) is 18.9 Å². The quantitative estimate of drug-likeness (QED) is 0.489. The number of ether oxygens (including phenoxy) is 1. The maximum absolute atomic E-state index is 11.9. The van der Waals surface area contributed by atoms with Crippen molar-refractivity contribution in [1.82, 2.24) is 4.98 Å². The molecule has 4 nitrogen and oxygen atoms in total. The lowest BCUT2D eigenvalue weighted by atomic mass is 10.0. The normalized spacial score (nSPS) is 26.2. The van der Waals surface area contributed by atoms with Crippen LogP contribution in [0.15, 0.2) is 18.3 Å². The largest absolute Gasteiger partial charge is 0.468 e. The smallest absolute Gasteiger partial charge is 0.329 e. The van der Waals surface area contributed by atoms with E-state index in [9.17, 15) is 4.79 Å². The summed E-state index contributed by atoms with van der Waals surface area (Å²) < 4.78 is 4.84. The third-order valence-electron chi connectivity index (χ3n) is 3.66. The van der Waals surface area contributed by atoms with E-state index in [0.717, 1.165) is 18.5 Å². The SMILES string of the molecule is COC(=O)C1(Cl)CCCC1N(C)c1ccnc(Cl)c1. The van der Waals surface area contributed by atoms with Gasteiger partial charge in [-0.15, -0.1) is 11.6 Å². The van der Waals surface area contributed by atoms with Crippen LogP contribution in [0, 0.1) is 0 Å². The van der Waals surface area contributed by atoms with Crippen LogP contribution in [0.5, 0.6) is 0 Å². The molecule has 0 N–H and O–H groups in total. The van der Waals surface area contributed by atoms with Gasteiger partial charge in [0.2, 0.25) is 0 Å². The van der Waals surface area contributed by atoms with E-state index in [0.29, 0.717) is 11.6 Å². The van der Waals surface area contributed by atoms with Crippen LogP contribution in [0.1, 0.15) is 19.3 Å². The number of hydrogen-bond donors (Lipinski definition) is 0. The molecule has 1 aliphatic rings. The van der Waals surface area contributed by atoms with Gasteiger partial charge in [-0.25, -0.2) is 4.98 Å². The van der Waals surface area contributed by atoms with E-state index >= 15 is 0 Å². The Labute approximate surface area is 122 Å². The van der Waals surface area contributed by atoms with Crippen molar-refractivity contribution in [3.63, 3.8) is 0 Å². The average molecular weight is 303 g/mol. The number of alkyl halides is 1. The van der Waals surface area contributed by atoms with Crippen LogP contribution in [0.2, 0.25) is 5.15 Å². The average Bonchev–Trinajstić information content (AvgIpc) is 2.80. The van der Waals surface area contributed by atoms with Crippen LogP contribution in [0.3, 0.4) is 0 Å². The number of anilines is 1. The van der Waals surface area contributed by atoms with Gasteiger partial charge in [-0.05, 0) is 31.4 Å². The Kier molecular flexibility index (Phi) is 4.21. The van der Waals surface area contributed by atoms with E-state index in [1.54, 1.807) is 12.3 Å². The van der Waals surface area contributed by atoms with Crippen LogP contribution in [0.4, 0.5) is 5.69 Å². The predicted molar refractivity (Wildman–Crippen MR) is 75.9 cm³/mol. The molecule has 0 spiro atoms. The first-order valence-corrected chi connectivity index (χ1v) is 6.86. The molecule has 1 fully saturated rings. The number of rotatable bonds is 3. The van der Waals surface area contributed by atoms with Crippen molar-refractivity contribution in [1.29, 1.82) is 0 Å². The predicted octanol–water partition coefficient (Wildman–Crippen LogP) is 2.87. The van der Waals surface area contributed by atoms with Crippen molar-refractivity contribution >= 4 is 34.9 Å². The molecule has 1 saturated carbocycles. The van der Waals surface area contributed by atoms with E-state index in [1.165, 1.54) is 7.11 Å². The first-order chi connectivity index (χ1) is 8.99. The molecule has 0 aliphatic heterocycles. The summed E-state index contributed by atoms with van der Waals surface area (Å²) in [5.74, 6) is -0.372. The van der Waals surface area contributed by atoms with Gasteiger partial charge < -0.3 is 9.64 Å². The molecular weight excluding hydrogens is 287 g/mol. The number of esters is 1. The molecule has 0 saturated heterocycles. The van der Waals surface area contributed by atoms with Gasteiger partial charge >= 0.3 is 5.97 Å². The maximum atomic E-state index is 11.9. The highest BCUT2D eigenvalue weighted by atomic mass is 35.5. The minimum atomic E-state index is -0.987. The summed E-state index contributed by atoms with van der Waals surface area (Å²) in [4.78, 5) is 16.9. The Morgan fingerprint density at radius 2 is 2.37 bits per heavy atom. The Hall–Kier alpha value is -1.00. The number of carbonyl (C=O) groups is 1. The molecule has 6 heteroatoms. The van der Waals surface area contributed by atoms with Crippen molar-refractivity contribution in [3.8, 4) is 0 Å². The van der Waals surface area contributed by atoms with Gasteiger partial charge in [-0.2, -0.15) is 0 Å². The monoisotopic (exact) mass is 302 g/mol. The number of pyridine rings is 1. The molecule has 2 atom stereocenters. The fourth-order valence-electron chi connectivity index (χ4n) is 2.65. The zero-order valence-corrected chi connectivity index (χ0v) is 12.4. The standard InChI is InChI=1S/C13H16Cl2N2O2/c1-17(9-5-7-16-11(14)8-9)10-4-3-6-13(10,15)12(18)19-2/h5,7-8,10H,3-4,6H2,1-2H3. The second-order valence-electron chi connectivity index (χ2n) is 4.71. The Bertz CT molecular complexity index is 483. The van der Waals surface area contributed by atoms with Crippen molar-refractivity contribution in [2.75, 3.05) is 19.1 Å². The van der Waals surface area contributed by atoms with Crippen LogP contribution in [0.25, 0.3) is 0 Å². The summed E-state index contributed by atoms with van der Waals surface area (Å²) in [6.07, 6.45) is 3.99. The van der Waals surface area contributed by atoms with Crippen molar-refractivity contribution < 1.29 is 9.53 Å². The highest BCUT2D eigenvalue weighted by Gasteiger charge is 2.50. The van der Waals surface area contributed by atoms with E-state index < -0.39 is 4.87 Å². The summed E-state index contributed by atoms with van der Waals surface area (Å²) in [7, 11) is 3.27. The zero-order valence-electron chi connectivity index (χ0n) is 10.9. The number of hydrogen-bond acceptors (Lipinski definition) is 4. The van der Waals surface area contributed by atoms with E-state index in [-0.39, 0.29) is 12.0 Å². The summed E-state index contributed by atoms with van der Waals surface area (Å²) in [5, 5.41) is 0.417. The number of carbonyl (C=O) groups excluding carboxylic acids is 1. The van der Waals surface area contributed by atoms with E-state index in [4.69, 9.17) is 27.9 Å². The van der Waals surface area contributed by atoms with Crippen molar-refractivity contribution in [3.05, 3.63) is 23.5 Å². The third-order valence-corrected chi connectivity index (χ3v) is 4.46. The van der Waals surface area contributed by atoms with Crippen LogP contribution in [-0.2, 0) is 9.53 Å². The number of halogens is 2. The summed E-state index contributed by atoms with van der Waals surface area (Å²) in [5.41, 5.74) is 0.890. The Morgan fingerprint density at radius 3 is 3.00 bits per heavy atom. The fourth-order valence-corrected chi connectivity index (χ4v) is 3.28. The molecule has 0 radical (unpaired) electrons. The molecule has 0 amide bonds. The van der Waals surface area contributed by atoms with Gasteiger partial charge in [-0.1, -0.05) is 11.6 Å². The highest BCUT2D eigenvalue weighted by Crippen LogP contribution is 2.41. The number of aromatic nitrogens is 1. The van der Waals surface area contributed by atoms with Gasteiger partial charge in [-0.3, -0.25) is 4.79 Å². The molecular formula is C13H16Cl2N2O2. The lowest BCUT2D eigenvalue weighted by molar-refractivity contribution is -0.144. The second-order valence-corrected chi connectivity index (χ2v) is 5.77. The second kappa shape index (κ2) is 5.55. The van der Waals surface area contributed by atoms with Gasteiger partial charge in [0.05, 0.1) is 13.2 Å². The van der Waals surface area contributed by atoms with Gasteiger partial charge in [0.15, 0.2) is 4.87 Å². The molecule has 2 unspecified atom stereocenters. The van der Waals surface area contributed by atoms with E-state index in [1.807, 2.05) is 18.0 Å². The molecule has 104 valence electrons. The first kappa shape index (κ1) is 14.4. The van der Waals surface area contributed by atoms with Crippen molar-refractivity contribution in [2.24, 2.45) is 0 Å². The molecule has 0 aromatic carbocycles. The topological polar surface area (TPSA) is 42.4 Å². The fraction of sp³-hybridized carbons (Fsp3) is 0.538. The lowest BCUT2D eigenvalue weighted by Gasteiger charge is -2.35. The van der Waals surface area contributed by atoms with Crippen LogP contribution >= 0.6 is 23.2 Å². The van der Waals surface area contributed by atoms with E-state index in [2.05, 4.69) is 4.98 Å². The number of nitrogens with zero attached hydrogens (tertiary/aromatic N) is 2. The molecule has 2 rings (SSSR count). The minimum Gasteiger partial charge on any atom is -0.468 e. The Balaban J connectivity index is 2.27.